The van der Waals surface area contributed by atoms with Crippen molar-refractivity contribution in [3.8, 4) is 0 Å². The Labute approximate surface area is 127 Å². The van der Waals surface area contributed by atoms with E-state index in [-0.39, 0.29) is 12.9 Å². The van der Waals surface area contributed by atoms with Crippen LogP contribution in [-0.2, 0) is 14.2 Å². The van der Waals surface area contributed by atoms with E-state index in [1.807, 2.05) is 0 Å². The Morgan fingerprint density at radius 3 is 2.67 bits per heavy atom. The molecule has 0 spiro atoms. The van der Waals surface area contributed by atoms with Gasteiger partial charge in [-0.15, -0.1) is 0 Å². The third kappa shape index (κ3) is 3.86. The molecule has 4 nitrogen and oxygen atoms in total. The van der Waals surface area contributed by atoms with Crippen LogP contribution in [0.3, 0.4) is 0 Å². The number of ether oxygens (including phenoxy) is 3. The van der Waals surface area contributed by atoms with Crippen LogP contribution in [0, 0.1) is 11.8 Å². The van der Waals surface area contributed by atoms with Gasteiger partial charge in [0, 0.05) is 19.1 Å². The highest BCUT2D eigenvalue weighted by atomic mass is 16.7. The summed E-state index contributed by atoms with van der Waals surface area (Å²) in [5.74, 6) is 0.855. The van der Waals surface area contributed by atoms with E-state index in [2.05, 4.69) is 12.2 Å². The second-order valence-corrected chi connectivity index (χ2v) is 6.46. The topological polar surface area (TPSA) is 47.9 Å². The lowest BCUT2D eigenvalue weighted by Crippen LogP contribution is -2.29. The minimum atomic E-state index is 0.0184. The van der Waals surface area contributed by atoms with Gasteiger partial charge in [-0.05, 0) is 50.9 Å². The van der Waals surface area contributed by atoms with Crippen molar-refractivity contribution in [2.75, 3.05) is 19.8 Å². The normalized spacial score (nSPS) is 39.4. The minimum absolute atomic E-state index is 0.0184. The van der Waals surface area contributed by atoms with Crippen LogP contribution in [0.25, 0.3) is 0 Å². The first-order valence-corrected chi connectivity index (χ1v) is 8.53. The number of hydrogen-bond donors (Lipinski definition) is 1. The molecule has 3 heterocycles. The highest BCUT2D eigenvalue weighted by Crippen LogP contribution is 2.44. The molecule has 3 aliphatic heterocycles. The molecule has 0 amide bonds. The van der Waals surface area contributed by atoms with E-state index >= 15 is 0 Å². The quantitative estimate of drug-likeness (QED) is 0.579. The van der Waals surface area contributed by atoms with Gasteiger partial charge in [-0.3, -0.25) is 0 Å². The molecule has 21 heavy (non-hydrogen) atoms. The average molecular weight is 296 g/mol. The number of hydrogen-bond acceptors (Lipinski definition) is 4. The van der Waals surface area contributed by atoms with Crippen molar-refractivity contribution in [1.82, 2.24) is 0 Å². The minimum Gasteiger partial charge on any atom is -0.396 e. The summed E-state index contributed by atoms with van der Waals surface area (Å²) in [7, 11) is 0. The molecular weight excluding hydrogens is 268 g/mol. The van der Waals surface area contributed by atoms with E-state index in [1.54, 1.807) is 0 Å². The Balaban J connectivity index is 1.31. The van der Waals surface area contributed by atoms with Gasteiger partial charge >= 0.3 is 0 Å². The Bertz CT molecular complexity index is 338. The zero-order valence-corrected chi connectivity index (χ0v) is 12.8. The highest BCUT2D eigenvalue weighted by molar-refractivity contribution is 4.99. The van der Waals surface area contributed by atoms with Gasteiger partial charge in [-0.25, -0.2) is 0 Å². The van der Waals surface area contributed by atoms with Gasteiger partial charge in [0.15, 0.2) is 6.29 Å². The lowest BCUT2D eigenvalue weighted by atomic mass is 9.78. The molecule has 3 fully saturated rings. The molecule has 1 unspecified atom stereocenters. The number of rotatable bonds is 7. The average Bonchev–Trinajstić information content (AvgIpc) is 3.12. The molecule has 4 heteroatoms. The second-order valence-electron chi connectivity index (χ2n) is 6.46. The van der Waals surface area contributed by atoms with E-state index in [4.69, 9.17) is 14.2 Å². The molecule has 1 N–H and O–H groups in total. The van der Waals surface area contributed by atoms with Crippen LogP contribution in [0.15, 0.2) is 12.2 Å². The van der Waals surface area contributed by atoms with Crippen LogP contribution < -0.4 is 0 Å². The highest BCUT2D eigenvalue weighted by Gasteiger charge is 2.47. The number of aliphatic hydroxyl groups excluding tert-OH is 1. The summed E-state index contributed by atoms with van der Waals surface area (Å²) in [5, 5.41) is 9.51. The van der Waals surface area contributed by atoms with Gasteiger partial charge in [0.25, 0.3) is 0 Å². The Kier molecular flexibility index (Phi) is 5.69. The fourth-order valence-corrected chi connectivity index (χ4v) is 3.93. The SMILES string of the molecule is OC[C@@H]1[C@H](CC=CCCOC2CCCCO2)[C@H]2CC[C@H]1O2. The molecule has 3 aliphatic rings. The summed E-state index contributed by atoms with van der Waals surface area (Å²) in [5.41, 5.74) is 0. The van der Waals surface area contributed by atoms with Crippen LogP contribution in [-0.4, -0.2) is 43.4 Å². The van der Waals surface area contributed by atoms with E-state index in [0.29, 0.717) is 24.0 Å². The van der Waals surface area contributed by atoms with E-state index in [1.165, 1.54) is 12.8 Å². The molecule has 0 radical (unpaired) electrons. The standard InChI is InChI=1S/C17H28O4/c18-12-14-13(15-8-9-16(14)21-15)6-2-1-4-10-19-17-7-3-5-11-20-17/h1-2,13-18H,3-12H2/t13-,14+,15+,16+,17?/m0/s1. The molecule has 120 valence electrons. The largest absolute Gasteiger partial charge is 0.396 e. The molecule has 3 saturated heterocycles. The van der Waals surface area contributed by atoms with Crippen molar-refractivity contribution in [3.63, 3.8) is 0 Å². The fraction of sp³-hybridized carbons (Fsp3) is 0.882. The van der Waals surface area contributed by atoms with Crippen LogP contribution in [0.2, 0.25) is 0 Å². The first-order chi connectivity index (χ1) is 10.4. The summed E-state index contributed by atoms with van der Waals surface area (Å²) in [6, 6.07) is 0. The number of aliphatic hydroxyl groups is 1. The van der Waals surface area contributed by atoms with Crippen molar-refractivity contribution >= 4 is 0 Å². The van der Waals surface area contributed by atoms with Crippen LogP contribution in [0.1, 0.15) is 44.9 Å². The van der Waals surface area contributed by atoms with Crippen LogP contribution in [0.4, 0.5) is 0 Å². The third-order valence-electron chi connectivity index (χ3n) is 5.10. The lowest BCUT2D eigenvalue weighted by molar-refractivity contribution is -0.161. The van der Waals surface area contributed by atoms with Crippen molar-refractivity contribution < 1.29 is 19.3 Å². The fourth-order valence-electron chi connectivity index (χ4n) is 3.93. The van der Waals surface area contributed by atoms with Crippen molar-refractivity contribution in [1.29, 1.82) is 0 Å². The van der Waals surface area contributed by atoms with Crippen molar-refractivity contribution in [2.45, 2.75) is 63.4 Å². The number of allylic oxidation sites excluding steroid dienone is 1. The molecule has 3 rings (SSSR count). The molecule has 2 bridgehead atoms. The van der Waals surface area contributed by atoms with Crippen molar-refractivity contribution in [2.24, 2.45) is 11.8 Å². The first-order valence-electron chi connectivity index (χ1n) is 8.53. The Hall–Kier alpha value is -0.420. The summed E-state index contributed by atoms with van der Waals surface area (Å²) in [4.78, 5) is 0. The monoisotopic (exact) mass is 296 g/mol. The molecule has 5 atom stereocenters. The molecule has 0 aromatic heterocycles. The maximum atomic E-state index is 9.51. The third-order valence-corrected chi connectivity index (χ3v) is 5.10. The van der Waals surface area contributed by atoms with Crippen LogP contribution in [0.5, 0.6) is 0 Å². The van der Waals surface area contributed by atoms with Crippen LogP contribution >= 0.6 is 0 Å². The summed E-state index contributed by atoms with van der Waals surface area (Å²) in [6.45, 7) is 1.84. The second kappa shape index (κ2) is 7.73. The van der Waals surface area contributed by atoms with Gasteiger partial charge in [0.05, 0.1) is 18.8 Å². The molecule has 0 saturated carbocycles. The molecule has 0 aromatic carbocycles. The summed E-state index contributed by atoms with van der Waals surface area (Å²) < 4.78 is 17.2. The predicted molar refractivity (Wildman–Crippen MR) is 79.9 cm³/mol. The van der Waals surface area contributed by atoms with Gasteiger partial charge < -0.3 is 19.3 Å². The smallest absolute Gasteiger partial charge is 0.157 e. The van der Waals surface area contributed by atoms with Gasteiger partial charge in [0.2, 0.25) is 0 Å². The molecule has 0 aromatic rings. The molecule has 0 aliphatic carbocycles. The van der Waals surface area contributed by atoms with Gasteiger partial charge in [-0.1, -0.05) is 12.2 Å². The van der Waals surface area contributed by atoms with E-state index < -0.39 is 0 Å². The van der Waals surface area contributed by atoms with E-state index in [0.717, 1.165) is 45.3 Å². The van der Waals surface area contributed by atoms with Gasteiger partial charge in [-0.2, -0.15) is 0 Å². The maximum absolute atomic E-state index is 9.51. The Morgan fingerprint density at radius 1 is 1.05 bits per heavy atom. The first kappa shape index (κ1) is 15.5. The van der Waals surface area contributed by atoms with Gasteiger partial charge in [0.1, 0.15) is 0 Å². The zero-order valence-electron chi connectivity index (χ0n) is 12.8. The lowest BCUT2D eigenvalue weighted by Gasteiger charge is -2.25. The molecular formula is C17H28O4. The predicted octanol–water partition coefficient (Wildman–Crippen LogP) is 2.65. The summed E-state index contributed by atoms with van der Waals surface area (Å²) >= 11 is 0. The summed E-state index contributed by atoms with van der Waals surface area (Å²) in [6.07, 6.45) is 12.8. The maximum Gasteiger partial charge on any atom is 0.157 e. The Morgan fingerprint density at radius 2 is 1.90 bits per heavy atom. The zero-order chi connectivity index (χ0) is 14.5. The van der Waals surface area contributed by atoms with Crippen molar-refractivity contribution in [3.05, 3.63) is 12.2 Å². The van der Waals surface area contributed by atoms with E-state index in [9.17, 15) is 5.11 Å². The number of fused-ring (bicyclic) bond motifs is 2.